The highest BCUT2D eigenvalue weighted by molar-refractivity contribution is 6.10. The number of fused-ring (bicyclic) bond motifs is 9. The lowest BCUT2D eigenvalue weighted by atomic mass is 9.67. The molecule has 23 aromatic rings. The third-order valence-corrected chi connectivity index (χ3v) is 28.5. The van der Waals surface area contributed by atoms with Crippen molar-refractivity contribution in [1.82, 2.24) is 0 Å². The molecular formula is C134H91N3O. The zero-order valence-electron chi connectivity index (χ0n) is 75.8. The molecule has 2 aliphatic carbocycles. The van der Waals surface area contributed by atoms with Crippen molar-refractivity contribution in [2.24, 2.45) is 0 Å². The van der Waals surface area contributed by atoms with Gasteiger partial charge in [-0.25, -0.2) is 0 Å². The molecule has 1 heterocycles. The molecule has 0 N–H and O–H groups in total. The maximum absolute atomic E-state index is 6.67. The van der Waals surface area contributed by atoms with Crippen LogP contribution >= 0.6 is 0 Å². The Kier molecular flexibility index (Phi) is 20.7. The molecule has 0 saturated carbocycles. The molecule has 0 amide bonds. The van der Waals surface area contributed by atoms with Crippen LogP contribution in [0.25, 0.3) is 133 Å². The van der Waals surface area contributed by atoms with E-state index in [-0.39, 0.29) is 0 Å². The molecule has 2 aliphatic rings. The van der Waals surface area contributed by atoms with Crippen LogP contribution in [0.15, 0.2) is 556 Å². The average Bonchev–Trinajstić information content (AvgIpc) is 1.53. The Bertz CT molecular complexity index is 8370. The van der Waals surface area contributed by atoms with Crippen LogP contribution in [0.3, 0.4) is 0 Å². The molecule has 25 rings (SSSR count). The van der Waals surface area contributed by atoms with E-state index in [9.17, 15) is 0 Å². The predicted octanol–water partition coefficient (Wildman–Crippen LogP) is 36.1. The first kappa shape index (κ1) is 82.0. The maximum Gasteiger partial charge on any atom is 0.143 e. The number of benzene rings is 22. The Morgan fingerprint density at radius 3 is 0.870 bits per heavy atom. The first-order valence-electron chi connectivity index (χ1n) is 47.6. The molecule has 0 aliphatic heterocycles. The van der Waals surface area contributed by atoms with Gasteiger partial charge in [-0.05, 0) is 237 Å². The molecule has 0 bridgehead atoms. The number of anilines is 9. The van der Waals surface area contributed by atoms with Gasteiger partial charge in [0, 0.05) is 67.2 Å². The normalized spacial score (nSPS) is 13.2. The topological polar surface area (TPSA) is 22.9 Å². The Labute approximate surface area is 805 Å². The lowest BCUT2D eigenvalue weighted by molar-refractivity contribution is 0.670. The van der Waals surface area contributed by atoms with Crippen molar-refractivity contribution >= 4 is 73.1 Å². The fraction of sp³-hybridized carbons (Fsp3) is 0.0149. The molecule has 0 fully saturated rings. The Morgan fingerprint density at radius 2 is 0.428 bits per heavy atom. The van der Waals surface area contributed by atoms with E-state index in [1.165, 1.54) is 72.3 Å². The van der Waals surface area contributed by atoms with E-state index in [0.717, 1.165) is 157 Å². The maximum atomic E-state index is 6.67. The summed E-state index contributed by atoms with van der Waals surface area (Å²) in [7, 11) is 0. The lowest BCUT2D eigenvalue weighted by Gasteiger charge is -2.35. The van der Waals surface area contributed by atoms with Crippen molar-refractivity contribution in [1.29, 1.82) is 0 Å². The van der Waals surface area contributed by atoms with Crippen molar-refractivity contribution in [3.63, 3.8) is 0 Å². The predicted molar refractivity (Wildman–Crippen MR) is 576 cm³/mol. The molecule has 648 valence electrons. The molecule has 1 atom stereocenters. The summed E-state index contributed by atoms with van der Waals surface area (Å²) in [4.78, 5) is 7.44. The molecule has 0 saturated heterocycles. The zero-order valence-corrected chi connectivity index (χ0v) is 75.8. The van der Waals surface area contributed by atoms with E-state index in [2.05, 4.69) is 561 Å². The van der Waals surface area contributed by atoms with Crippen LogP contribution in [-0.2, 0) is 10.8 Å². The van der Waals surface area contributed by atoms with Crippen molar-refractivity contribution in [2.45, 2.75) is 10.8 Å². The van der Waals surface area contributed by atoms with Gasteiger partial charge in [0.25, 0.3) is 0 Å². The Balaban J connectivity index is 0.627. The van der Waals surface area contributed by atoms with E-state index in [4.69, 9.17) is 4.42 Å². The summed E-state index contributed by atoms with van der Waals surface area (Å²) in [5, 5.41) is 2.22. The summed E-state index contributed by atoms with van der Waals surface area (Å²) in [6, 6.07) is 204. The quantitative estimate of drug-likeness (QED) is 0.0715. The van der Waals surface area contributed by atoms with Crippen LogP contribution in [0.5, 0.6) is 0 Å². The van der Waals surface area contributed by atoms with Crippen LogP contribution in [-0.4, -0.2) is 0 Å². The number of hydrogen-bond acceptors (Lipinski definition) is 4. The second-order valence-corrected chi connectivity index (χ2v) is 36.0. The number of hydrogen-bond donors (Lipinski definition) is 0. The molecule has 138 heavy (non-hydrogen) atoms. The van der Waals surface area contributed by atoms with Crippen LogP contribution in [0, 0.1) is 0 Å². The summed E-state index contributed by atoms with van der Waals surface area (Å²) in [6.45, 7) is 0. The van der Waals surface area contributed by atoms with Gasteiger partial charge >= 0.3 is 0 Å². The van der Waals surface area contributed by atoms with E-state index in [1.54, 1.807) is 0 Å². The molecule has 1 unspecified atom stereocenters. The monoisotopic (exact) mass is 1760 g/mol. The van der Waals surface area contributed by atoms with Gasteiger partial charge < -0.3 is 19.1 Å². The molecule has 4 heteroatoms. The molecule has 22 aromatic carbocycles. The van der Waals surface area contributed by atoms with Gasteiger partial charge in [-0.1, -0.05) is 449 Å². The van der Waals surface area contributed by atoms with E-state index < -0.39 is 10.8 Å². The van der Waals surface area contributed by atoms with Gasteiger partial charge in [0.1, 0.15) is 11.2 Å². The smallest absolute Gasteiger partial charge is 0.143 e. The van der Waals surface area contributed by atoms with Crippen LogP contribution in [0.1, 0.15) is 44.5 Å². The van der Waals surface area contributed by atoms with Gasteiger partial charge in [-0.3, -0.25) is 0 Å². The highest BCUT2D eigenvalue weighted by Crippen LogP contribution is 2.64. The largest absolute Gasteiger partial charge is 0.455 e. The highest BCUT2D eigenvalue weighted by Gasteiger charge is 2.50. The SMILES string of the molecule is c1ccc(-c2ccc(N(c3ccc4c(c3)C(c3ccccc3)(c3ccccc3)c3cccc(N(c5ccc(-c6ccccc6)cc5)c5ccc(-c6ccccc6-c6ccc(C7(c8ccccc8)c8cc(-c9ccccc9)ccc8-c8c(N(c9ccc(-c%10ccccc%10)cc9)c9ccc(-c%10cccc%11c%10oc%10ccccc%10%11)cc9)cccc87)cc6)cc5)c3-4)c3ccccc3-c3ccccc3)cc2)cc1. The average molecular weight is 1760 g/mol. The lowest BCUT2D eigenvalue weighted by Crippen LogP contribution is -2.29. The van der Waals surface area contributed by atoms with Gasteiger partial charge in [0.15, 0.2) is 0 Å². The first-order valence-corrected chi connectivity index (χ1v) is 47.6. The highest BCUT2D eigenvalue weighted by atomic mass is 16.3. The van der Waals surface area contributed by atoms with E-state index in [1.807, 2.05) is 6.07 Å². The van der Waals surface area contributed by atoms with Gasteiger partial charge in [0.05, 0.1) is 27.9 Å². The first-order chi connectivity index (χ1) is 68.5. The second kappa shape index (κ2) is 34.9. The number of para-hydroxylation sites is 3. The number of nitrogens with zero attached hydrogens (tertiary/aromatic N) is 3. The summed E-state index contributed by atoms with van der Waals surface area (Å²) >= 11 is 0. The molecular weight excluding hydrogens is 1670 g/mol. The van der Waals surface area contributed by atoms with E-state index in [0.29, 0.717) is 0 Å². The summed E-state index contributed by atoms with van der Waals surface area (Å²) in [6.07, 6.45) is 0. The minimum Gasteiger partial charge on any atom is -0.455 e. The molecule has 0 radical (unpaired) electrons. The standard InChI is InChI=1S/C134H91N3O/c1-9-34-92(35-10-1)96-64-77-108(78-65-96)135(128-60-32-56-122-131(128)121-89-87-113(91-125(121)133(122,104-44-19-6-20-45-104)105-46-21-7-22-47-105)137(112-81-68-98(69-82-112)94-38-13-3-14-39-94)126-58-29-27-52-116(126)99-42-17-5-18-43-99)110-83-70-101(71-84-110)115-51-26-25-50-114(115)100-62-75-107(76-63-100)134(106-48-23-8-24-49-106)123-57-33-59-127(130(123)120-88-74-103(90-124(120)134)95-40-15-4-16-41-95)136(109-79-66-97(67-80-109)93-36-11-2-12-37-93)111-85-72-102(73-86-111)117-54-31-55-119-118-53-28-30-61-129(118)138-132(117)119/h1-91H. The van der Waals surface area contributed by atoms with Gasteiger partial charge in [-0.15, -0.1) is 0 Å². The van der Waals surface area contributed by atoms with Crippen molar-refractivity contribution in [3.05, 3.63) is 597 Å². The summed E-state index contributed by atoms with van der Waals surface area (Å²) in [5.74, 6) is 0. The summed E-state index contributed by atoms with van der Waals surface area (Å²) < 4.78 is 6.67. The molecule has 0 spiro atoms. The van der Waals surface area contributed by atoms with Crippen LogP contribution < -0.4 is 14.7 Å². The fourth-order valence-corrected chi connectivity index (χ4v) is 22.2. The van der Waals surface area contributed by atoms with Gasteiger partial charge in [-0.2, -0.15) is 0 Å². The number of furan rings is 1. The number of rotatable bonds is 21. The minimum atomic E-state index is -0.797. The minimum absolute atomic E-state index is 0.789. The van der Waals surface area contributed by atoms with Crippen LogP contribution in [0.4, 0.5) is 51.2 Å². The van der Waals surface area contributed by atoms with Crippen LogP contribution in [0.2, 0.25) is 0 Å². The summed E-state index contributed by atoms with van der Waals surface area (Å²) in [5.41, 5.74) is 42.0. The Hall–Kier alpha value is -18.0. The van der Waals surface area contributed by atoms with Crippen molar-refractivity contribution < 1.29 is 4.42 Å². The van der Waals surface area contributed by atoms with Crippen molar-refractivity contribution in [2.75, 3.05) is 14.7 Å². The zero-order chi connectivity index (χ0) is 91.5. The van der Waals surface area contributed by atoms with Crippen molar-refractivity contribution in [3.8, 4) is 111 Å². The van der Waals surface area contributed by atoms with E-state index >= 15 is 0 Å². The molecule has 1 aromatic heterocycles. The second-order valence-electron chi connectivity index (χ2n) is 36.0. The Morgan fingerprint density at radius 1 is 0.152 bits per heavy atom. The molecule has 4 nitrogen and oxygen atoms in total. The van der Waals surface area contributed by atoms with Gasteiger partial charge in [0.2, 0.25) is 0 Å². The third kappa shape index (κ3) is 14.1. The fourth-order valence-electron chi connectivity index (χ4n) is 22.2. The third-order valence-electron chi connectivity index (χ3n) is 28.5.